The highest BCUT2D eigenvalue weighted by atomic mass is 35.5. The summed E-state index contributed by atoms with van der Waals surface area (Å²) in [5.41, 5.74) is 1.01. The lowest BCUT2D eigenvalue weighted by atomic mass is 10.2. The second-order valence-electron chi connectivity index (χ2n) is 3.76. The van der Waals surface area contributed by atoms with Gasteiger partial charge in [-0.15, -0.1) is 11.8 Å². The van der Waals surface area contributed by atoms with Gasteiger partial charge in [0.1, 0.15) is 5.02 Å². The molecular formula is C13H9Cl2NO2S. The van der Waals surface area contributed by atoms with E-state index in [-0.39, 0.29) is 10.7 Å². The van der Waals surface area contributed by atoms with E-state index in [0.717, 1.165) is 5.56 Å². The van der Waals surface area contributed by atoms with E-state index in [2.05, 4.69) is 0 Å². The minimum atomic E-state index is -0.452. The number of benzene rings is 2. The van der Waals surface area contributed by atoms with Gasteiger partial charge in [-0.2, -0.15) is 0 Å². The predicted molar refractivity (Wildman–Crippen MR) is 79.1 cm³/mol. The van der Waals surface area contributed by atoms with E-state index < -0.39 is 4.92 Å². The Kier molecular flexibility index (Phi) is 4.69. The van der Waals surface area contributed by atoms with E-state index in [0.29, 0.717) is 15.7 Å². The minimum absolute atomic E-state index is 0.0388. The number of nitro benzene ring substituents is 1. The molecule has 0 aliphatic heterocycles. The Bertz CT molecular complexity index is 602. The number of nitro groups is 1. The van der Waals surface area contributed by atoms with Crippen LogP contribution in [0.5, 0.6) is 0 Å². The van der Waals surface area contributed by atoms with Crippen molar-refractivity contribution in [3.05, 3.63) is 68.2 Å². The van der Waals surface area contributed by atoms with Crippen LogP contribution in [0.3, 0.4) is 0 Å². The van der Waals surface area contributed by atoms with Gasteiger partial charge in [0.15, 0.2) is 0 Å². The van der Waals surface area contributed by atoms with Crippen LogP contribution < -0.4 is 0 Å². The molecule has 0 saturated heterocycles. The summed E-state index contributed by atoms with van der Waals surface area (Å²) < 4.78 is 0. The highest BCUT2D eigenvalue weighted by Crippen LogP contribution is 2.36. The lowest BCUT2D eigenvalue weighted by Gasteiger charge is -2.04. The summed E-state index contributed by atoms with van der Waals surface area (Å²) in [6, 6.07) is 12.3. The number of hydrogen-bond donors (Lipinski definition) is 0. The molecule has 0 aliphatic rings. The molecule has 0 amide bonds. The van der Waals surface area contributed by atoms with Crippen LogP contribution in [0.1, 0.15) is 5.56 Å². The molecule has 2 aromatic rings. The van der Waals surface area contributed by atoms with Gasteiger partial charge in [-0.1, -0.05) is 41.4 Å². The topological polar surface area (TPSA) is 43.1 Å². The molecule has 0 N–H and O–H groups in total. The highest BCUT2D eigenvalue weighted by Gasteiger charge is 2.18. The molecule has 0 unspecified atom stereocenters. The van der Waals surface area contributed by atoms with Gasteiger partial charge in [0.25, 0.3) is 0 Å². The molecule has 6 heteroatoms. The average Bonchev–Trinajstić information content (AvgIpc) is 2.37. The smallest absolute Gasteiger partial charge is 0.258 e. The first kappa shape index (κ1) is 14.2. The molecular weight excluding hydrogens is 305 g/mol. The Morgan fingerprint density at radius 1 is 1.11 bits per heavy atom. The zero-order chi connectivity index (χ0) is 13.8. The quantitative estimate of drug-likeness (QED) is 0.443. The Morgan fingerprint density at radius 2 is 1.79 bits per heavy atom. The summed E-state index contributed by atoms with van der Waals surface area (Å²) in [6.07, 6.45) is 0. The monoisotopic (exact) mass is 313 g/mol. The van der Waals surface area contributed by atoms with Crippen molar-refractivity contribution in [1.29, 1.82) is 0 Å². The lowest BCUT2D eigenvalue weighted by Crippen LogP contribution is -1.92. The Labute approximate surface area is 124 Å². The second-order valence-corrected chi connectivity index (χ2v) is 5.62. The molecule has 0 spiro atoms. The first-order valence-electron chi connectivity index (χ1n) is 5.38. The van der Waals surface area contributed by atoms with Crippen LogP contribution in [0.15, 0.2) is 47.4 Å². The molecule has 2 aromatic carbocycles. The molecule has 19 heavy (non-hydrogen) atoms. The van der Waals surface area contributed by atoms with E-state index in [9.17, 15) is 10.1 Å². The fourth-order valence-corrected chi connectivity index (χ4v) is 2.97. The third-order valence-corrected chi connectivity index (χ3v) is 4.12. The van der Waals surface area contributed by atoms with Crippen LogP contribution >= 0.6 is 35.0 Å². The fourth-order valence-electron chi connectivity index (χ4n) is 1.53. The van der Waals surface area contributed by atoms with Crippen LogP contribution in [0, 0.1) is 10.1 Å². The Morgan fingerprint density at radius 3 is 2.42 bits per heavy atom. The van der Waals surface area contributed by atoms with Crippen molar-refractivity contribution in [2.24, 2.45) is 0 Å². The van der Waals surface area contributed by atoms with Gasteiger partial charge in [-0.3, -0.25) is 10.1 Å². The zero-order valence-corrected chi connectivity index (χ0v) is 12.0. The van der Waals surface area contributed by atoms with E-state index in [1.807, 2.05) is 12.1 Å². The van der Waals surface area contributed by atoms with Crippen molar-refractivity contribution >= 4 is 40.7 Å². The molecule has 0 aliphatic carbocycles. The molecule has 3 nitrogen and oxygen atoms in total. The Balaban J connectivity index is 2.18. The number of rotatable bonds is 4. The van der Waals surface area contributed by atoms with E-state index >= 15 is 0 Å². The summed E-state index contributed by atoms with van der Waals surface area (Å²) in [5.74, 6) is 0.623. The molecule has 0 radical (unpaired) electrons. The first-order chi connectivity index (χ1) is 9.08. The van der Waals surface area contributed by atoms with Gasteiger partial charge in [-0.25, -0.2) is 0 Å². The van der Waals surface area contributed by atoms with Gasteiger partial charge in [0, 0.05) is 10.8 Å². The standard InChI is InChI=1S/C13H9Cl2NO2S/c14-10-6-4-9(5-7-10)8-19-12-3-1-2-11(15)13(12)16(17)18/h1-7H,8H2. The van der Waals surface area contributed by atoms with Crippen LogP contribution in [0.25, 0.3) is 0 Å². The maximum Gasteiger partial charge on any atom is 0.301 e. The molecule has 0 fully saturated rings. The summed E-state index contributed by atoms with van der Waals surface area (Å²) in [4.78, 5) is 11.1. The number of nitrogens with zero attached hydrogens (tertiary/aromatic N) is 1. The van der Waals surface area contributed by atoms with Crippen molar-refractivity contribution in [1.82, 2.24) is 0 Å². The van der Waals surface area contributed by atoms with Crippen LogP contribution in [-0.2, 0) is 5.75 Å². The number of para-hydroxylation sites is 1. The lowest BCUT2D eigenvalue weighted by molar-refractivity contribution is -0.387. The van der Waals surface area contributed by atoms with Crippen molar-refractivity contribution in [2.45, 2.75) is 10.6 Å². The largest absolute Gasteiger partial charge is 0.301 e. The summed E-state index contributed by atoms with van der Waals surface area (Å²) in [5, 5.41) is 11.8. The van der Waals surface area contributed by atoms with Crippen molar-refractivity contribution < 1.29 is 4.92 Å². The number of halogens is 2. The second kappa shape index (κ2) is 6.28. The van der Waals surface area contributed by atoms with Gasteiger partial charge < -0.3 is 0 Å². The van der Waals surface area contributed by atoms with Crippen LogP contribution in [-0.4, -0.2) is 4.92 Å². The third kappa shape index (κ3) is 3.62. The van der Waals surface area contributed by atoms with Gasteiger partial charge in [-0.05, 0) is 29.8 Å². The minimum Gasteiger partial charge on any atom is -0.258 e. The Hall–Kier alpha value is -1.23. The van der Waals surface area contributed by atoms with Crippen molar-refractivity contribution in [3.8, 4) is 0 Å². The van der Waals surface area contributed by atoms with Gasteiger partial charge in [0.2, 0.25) is 0 Å². The van der Waals surface area contributed by atoms with Crippen molar-refractivity contribution in [3.63, 3.8) is 0 Å². The van der Waals surface area contributed by atoms with E-state index in [1.54, 1.807) is 24.3 Å². The molecule has 0 aromatic heterocycles. The van der Waals surface area contributed by atoms with E-state index in [4.69, 9.17) is 23.2 Å². The average molecular weight is 314 g/mol. The first-order valence-corrected chi connectivity index (χ1v) is 7.12. The summed E-state index contributed by atoms with van der Waals surface area (Å²) >= 11 is 13.0. The molecule has 98 valence electrons. The normalized spacial score (nSPS) is 10.4. The zero-order valence-electron chi connectivity index (χ0n) is 9.68. The summed E-state index contributed by atoms with van der Waals surface area (Å²) in [7, 11) is 0. The predicted octanol–water partition coefficient (Wildman–Crippen LogP) is 5.19. The SMILES string of the molecule is O=[N+]([O-])c1c(Cl)cccc1SCc1ccc(Cl)cc1. The number of hydrogen-bond acceptors (Lipinski definition) is 3. The molecule has 0 heterocycles. The maximum absolute atomic E-state index is 11.0. The van der Waals surface area contributed by atoms with Gasteiger partial charge in [0.05, 0.1) is 9.82 Å². The van der Waals surface area contributed by atoms with Crippen LogP contribution in [0.2, 0.25) is 10.0 Å². The van der Waals surface area contributed by atoms with Crippen LogP contribution in [0.4, 0.5) is 5.69 Å². The third-order valence-electron chi connectivity index (χ3n) is 2.44. The highest BCUT2D eigenvalue weighted by molar-refractivity contribution is 7.98. The summed E-state index contributed by atoms with van der Waals surface area (Å²) in [6.45, 7) is 0. The van der Waals surface area contributed by atoms with Crippen molar-refractivity contribution in [2.75, 3.05) is 0 Å². The maximum atomic E-state index is 11.0. The van der Waals surface area contributed by atoms with Gasteiger partial charge >= 0.3 is 5.69 Å². The molecule has 0 saturated carbocycles. The molecule has 2 rings (SSSR count). The molecule has 0 bridgehead atoms. The number of thioether (sulfide) groups is 1. The van der Waals surface area contributed by atoms with E-state index in [1.165, 1.54) is 17.8 Å². The fraction of sp³-hybridized carbons (Fsp3) is 0.0769. The molecule has 0 atom stereocenters.